The van der Waals surface area contributed by atoms with Crippen molar-refractivity contribution in [3.8, 4) is 5.75 Å². The highest BCUT2D eigenvalue weighted by atomic mass is 35.5. The first-order chi connectivity index (χ1) is 14.9. The lowest BCUT2D eigenvalue weighted by Gasteiger charge is -2.10. The Balaban J connectivity index is 1.62. The fourth-order valence-corrected chi connectivity index (χ4v) is 3.73. The molecule has 0 saturated heterocycles. The summed E-state index contributed by atoms with van der Waals surface area (Å²) in [4.78, 5) is 12.4. The van der Waals surface area contributed by atoms with Gasteiger partial charge in [0.2, 0.25) is 5.91 Å². The van der Waals surface area contributed by atoms with Crippen LogP contribution in [0.2, 0.25) is 5.02 Å². The number of benzene rings is 2. The normalized spacial score (nSPS) is 10.7. The number of hydrogen-bond acceptors (Lipinski definition) is 5. The second-order valence-corrected chi connectivity index (χ2v) is 8.48. The van der Waals surface area contributed by atoms with E-state index in [1.165, 1.54) is 17.3 Å². The van der Waals surface area contributed by atoms with Gasteiger partial charge in [-0.15, -0.1) is 16.8 Å². The number of ether oxygens (including phenoxy) is 1. The summed E-state index contributed by atoms with van der Waals surface area (Å²) in [7, 11) is 0. The van der Waals surface area contributed by atoms with Crippen LogP contribution in [0, 0.1) is 20.8 Å². The molecule has 1 amide bonds. The summed E-state index contributed by atoms with van der Waals surface area (Å²) in [5, 5.41) is 12.7. The van der Waals surface area contributed by atoms with Crippen LogP contribution in [-0.2, 0) is 17.9 Å². The maximum Gasteiger partial charge on any atom is 0.234 e. The largest absolute Gasteiger partial charge is 0.486 e. The summed E-state index contributed by atoms with van der Waals surface area (Å²) in [5.74, 6) is 1.48. The van der Waals surface area contributed by atoms with Gasteiger partial charge in [0.25, 0.3) is 0 Å². The van der Waals surface area contributed by atoms with Gasteiger partial charge in [0, 0.05) is 17.3 Å². The summed E-state index contributed by atoms with van der Waals surface area (Å²) < 4.78 is 7.74. The average molecular weight is 457 g/mol. The van der Waals surface area contributed by atoms with Gasteiger partial charge in [0.1, 0.15) is 12.4 Å². The van der Waals surface area contributed by atoms with Crippen molar-refractivity contribution in [3.63, 3.8) is 0 Å². The number of halogens is 1. The Kier molecular flexibility index (Phi) is 7.76. The van der Waals surface area contributed by atoms with Crippen LogP contribution in [0.3, 0.4) is 0 Å². The Labute approximate surface area is 191 Å². The van der Waals surface area contributed by atoms with E-state index in [-0.39, 0.29) is 18.3 Å². The lowest BCUT2D eigenvalue weighted by molar-refractivity contribution is -0.113. The fraction of sp³-hybridized carbons (Fsp3) is 0.261. The zero-order valence-corrected chi connectivity index (χ0v) is 19.4. The van der Waals surface area contributed by atoms with Crippen molar-refractivity contribution in [2.45, 2.75) is 39.1 Å². The molecule has 1 N–H and O–H groups in total. The molecule has 3 rings (SSSR count). The molecule has 6 nitrogen and oxygen atoms in total. The van der Waals surface area contributed by atoms with E-state index in [4.69, 9.17) is 16.3 Å². The summed E-state index contributed by atoms with van der Waals surface area (Å²) in [6, 6.07) is 11.4. The minimum Gasteiger partial charge on any atom is -0.486 e. The summed E-state index contributed by atoms with van der Waals surface area (Å²) in [6.07, 6.45) is 1.76. The van der Waals surface area contributed by atoms with Crippen molar-refractivity contribution in [2.75, 3.05) is 11.1 Å². The number of aromatic nitrogens is 3. The Morgan fingerprint density at radius 1 is 1.16 bits per heavy atom. The van der Waals surface area contributed by atoms with Gasteiger partial charge in [-0.1, -0.05) is 35.5 Å². The van der Waals surface area contributed by atoms with E-state index in [0.717, 1.165) is 16.8 Å². The standard InChI is InChI=1S/C23H25ClN4O2S/c1-5-10-28-21(13-30-19-8-9-20(24)17(4)12-19)26-27-23(28)31-14-22(29)25-18-7-6-15(2)16(3)11-18/h5-9,11-12H,1,10,13-14H2,2-4H3,(H,25,29). The van der Waals surface area contributed by atoms with Gasteiger partial charge in [-0.25, -0.2) is 0 Å². The Hall–Kier alpha value is -2.77. The number of hydrogen-bond donors (Lipinski definition) is 1. The van der Waals surface area contributed by atoms with E-state index in [1.807, 2.05) is 55.7 Å². The second kappa shape index (κ2) is 10.5. The third-order valence-electron chi connectivity index (χ3n) is 4.73. The lowest BCUT2D eigenvalue weighted by atomic mass is 10.1. The summed E-state index contributed by atoms with van der Waals surface area (Å²) in [6.45, 7) is 10.6. The van der Waals surface area contributed by atoms with Crippen LogP contribution in [0.25, 0.3) is 0 Å². The molecule has 0 fully saturated rings. The van der Waals surface area contributed by atoms with Crippen LogP contribution in [0.1, 0.15) is 22.5 Å². The van der Waals surface area contributed by atoms with E-state index in [9.17, 15) is 4.79 Å². The Morgan fingerprint density at radius 3 is 2.68 bits per heavy atom. The van der Waals surface area contributed by atoms with Crippen molar-refractivity contribution >= 4 is 35.0 Å². The predicted molar refractivity (Wildman–Crippen MR) is 126 cm³/mol. The first-order valence-corrected chi connectivity index (χ1v) is 11.2. The van der Waals surface area contributed by atoms with Gasteiger partial charge >= 0.3 is 0 Å². The number of aryl methyl sites for hydroxylation is 3. The molecule has 1 aromatic heterocycles. The van der Waals surface area contributed by atoms with Crippen molar-refractivity contribution in [2.24, 2.45) is 0 Å². The molecule has 162 valence electrons. The van der Waals surface area contributed by atoms with Crippen LogP contribution in [0.4, 0.5) is 5.69 Å². The number of carbonyl (C=O) groups is 1. The minimum atomic E-state index is -0.101. The highest BCUT2D eigenvalue weighted by Crippen LogP contribution is 2.23. The number of nitrogens with zero attached hydrogens (tertiary/aromatic N) is 3. The molecule has 0 radical (unpaired) electrons. The highest BCUT2D eigenvalue weighted by molar-refractivity contribution is 7.99. The smallest absolute Gasteiger partial charge is 0.234 e. The minimum absolute atomic E-state index is 0.101. The van der Waals surface area contributed by atoms with Crippen LogP contribution >= 0.6 is 23.4 Å². The summed E-state index contributed by atoms with van der Waals surface area (Å²) in [5.41, 5.74) is 4.05. The van der Waals surface area contributed by atoms with Crippen LogP contribution in [0.5, 0.6) is 5.75 Å². The van der Waals surface area contributed by atoms with Gasteiger partial charge < -0.3 is 10.1 Å². The number of thioether (sulfide) groups is 1. The molecule has 0 atom stereocenters. The molecule has 8 heteroatoms. The number of anilines is 1. The number of amides is 1. The molecule has 0 bridgehead atoms. The molecule has 0 aliphatic carbocycles. The van der Waals surface area contributed by atoms with Crippen LogP contribution in [-0.4, -0.2) is 26.4 Å². The molecule has 0 saturated carbocycles. The summed E-state index contributed by atoms with van der Waals surface area (Å²) >= 11 is 7.39. The van der Waals surface area contributed by atoms with Gasteiger partial charge in [-0.05, 0) is 67.8 Å². The average Bonchev–Trinajstić information content (AvgIpc) is 3.12. The van der Waals surface area contributed by atoms with Crippen molar-refractivity contribution in [3.05, 3.63) is 76.6 Å². The molecule has 0 spiro atoms. The Morgan fingerprint density at radius 2 is 1.97 bits per heavy atom. The molecule has 0 aliphatic heterocycles. The molecule has 31 heavy (non-hydrogen) atoms. The molecule has 3 aromatic rings. The first kappa shape index (κ1) is 22.9. The highest BCUT2D eigenvalue weighted by Gasteiger charge is 2.14. The Bertz CT molecular complexity index is 1100. The fourth-order valence-electron chi connectivity index (χ4n) is 2.85. The van der Waals surface area contributed by atoms with Crippen LogP contribution < -0.4 is 10.1 Å². The topological polar surface area (TPSA) is 69.0 Å². The van der Waals surface area contributed by atoms with Gasteiger partial charge in [0.05, 0.1) is 5.75 Å². The zero-order chi connectivity index (χ0) is 22.4. The second-order valence-electron chi connectivity index (χ2n) is 7.13. The molecule has 0 unspecified atom stereocenters. The maximum absolute atomic E-state index is 12.4. The third kappa shape index (κ3) is 6.12. The number of carbonyl (C=O) groups excluding carboxylic acids is 1. The van der Waals surface area contributed by atoms with Crippen molar-refractivity contribution in [1.82, 2.24) is 14.8 Å². The van der Waals surface area contributed by atoms with E-state index in [1.54, 1.807) is 12.1 Å². The van der Waals surface area contributed by atoms with E-state index in [2.05, 4.69) is 22.1 Å². The van der Waals surface area contributed by atoms with E-state index < -0.39 is 0 Å². The van der Waals surface area contributed by atoms with E-state index >= 15 is 0 Å². The quantitative estimate of drug-likeness (QED) is 0.347. The number of nitrogens with one attached hydrogen (secondary N) is 1. The number of allylic oxidation sites excluding steroid dienone is 1. The lowest BCUT2D eigenvalue weighted by Crippen LogP contribution is -2.15. The van der Waals surface area contributed by atoms with Crippen molar-refractivity contribution in [1.29, 1.82) is 0 Å². The van der Waals surface area contributed by atoms with Gasteiger partial charge in [0.15, 0.2) is 11.0 Å². The molecule has 1 heterocycles. The predicted octanol–water partition coefficient (Wildman–Crippen LogP) is 5.35. The van der Waals surface area contributed by atoms with Crippen LogP contribution in [0.15, 0.2) is 54.2 Å². The maximum atomic E-state index is 12.4. The van der Waals surface area contributed by atoms with Crippen molar-refractivity contribution < 1.29 is 9.53 Å². The van der Waals surface area contributed by atoms with Gasteiger partial charge in [-0.3, -0.25) is 9.36 Å². The zero-order valence-electron chi connectivity index (χ0n) is 17.8. The number of rotatable bonds is 9. The molecular formula is C23H25ClN4O2S. The molecular weight excluding hydrogens is 432 g/mol. The first-order valence-electron chi connectivity index (χ1n) is 9.79. The van der Waals surface area contributed by atoms with Gasteiger partial charge in [-0.2, -0.15) is 0 Å². The molecule has 0 aliphatic rings. The monoisotopic (exact) mass is 456 g/mol. The van der Waals surface area contributed by atoms with E-state index in [0.29, 0.717) is 28.3 Å². The third-order valence-corrected chi connectivity index (χ3v) is 6.12. The molecule has 2 aromatic carbocycles. The SMILES string of the molecule is C=CCn1c(COc2ccc(Cl)c(C)c2)nnc1SCC(=O)Nc1ccc(C)c(C)c1.